The molecule has 4 atom stereocenters. The maximum atomic E-state index is 11.4. The Morgan fingerprint density at radius 2 is 1.82 bits per heavy atom. The average Bonchev–Trinajstić information content (AvgIpc) is 2.64. The molecule has 0 unspecified atom stereocenters. The number of H-pyrrole nitrogens is 1. The first kappa shape index (κ1) is 18.7. The minimum absolute atomic E-state index is 0.479. The molecule has 1 aromatic rings. The molecule has 12 nitrogen and oxygen atoms in total. The van der Waals surface area contributed by atoms with Crippen molar-refractivity contribution in [1.82, 2.24) is 9.55 Å². The average molecular weight is 339 g/mol. The summed E-state index contributed by atoms with van der Waals surface area (Å²) in [5, 5.41) is 28.1. The highest BCUT2D eigenvalue weighted by Crippen LogP contribution is 2.27. The number of rotatable bonds is 2. The molecule has 1 aliphatic rings. The molecule has 1 aliphatic heterocycles. The first-order valence-electron chi connectivity index (χ1n) is 5.94. The van der Waals surface area contributed by atoms with Gasteiger partial charge in [0.15, 0.2) is 6.23 Å². The fourth-order valence-electron chi connectivity index (χ4n) is 1.74. The normalized spacial score (nSPS) is 28.1. The Hall–Kier alpha value is -1.37. The van der Waals surface area contributed by atoms with Crippen LogP contribution in [0.4, 0.5) is 0 Å². The van der Waals surface area contributed by atoms with Crippen molar-refractivity contribution in [2.75, 3.05) is 6.61 Å². The number of ether oxygens (including phenoxy) is 1. The molecule has 1 aromatic heterocycles. The molecule has 22 heavy (non-hydrogen) atoms. The molecule has 0 amide bonds. The van der Waals surface area contributed by atoms with Crippen LogP contribution in [-0.4, -0.2) is 49.8 Å². The van der Waals surface area contributed by atoms with Crippen LogP contribution in [0, 0.1) is 0 Å². The van der Waals surface area contributed by atoms with Crippen molar-refractivity contribution < 1.29 is 24.6 Å². The molecule has 1 saturated heterocycles. The smallest absolute Gasteiger partial charge is 0.330 e. The number of nitrogens with zero attached hydrogens (tertiary/aromatic N) is 1. The molecule has 0 aromatic carbocycles. The Morgan fingerprint density at radius 3 is 2.23 bits per heavy atom. The van der Waals surface area contributed by atoms with E-state index in [9.17, 15) is 24.4 Å². The molecule has 13 heteroatoms. The third-order valence-electron chi connectivity index (χ3n) is 2.64. The highest BCUT2D eigenvalue weighted by molar-refractivity contribution is 7.56. The minimum atomic E-state index is -3.14. The van der Waals surface area contributed by atoms with Gasteiger partial charge in [0.1, 0.15) is 18.3 Å². The Kier molecular flexibility index (Phi) is 6.17. The van der Waals surface area contributed by atoms with Crippen LogP contribution in [0.5, 0.6) is 0 Å². The van der Waals surface area contributed by atoms with Gasteiger partial charge in [-0.25, -0.2) is 4.79 Å². The summed E-state index contributed by atoms with van der Waals surface area (Å²) >= 11 is 0. The first-order valence-corrected chi connectivity index (χ1v) is 7.85. The Bertz CT molecular complexity index is 646. The van der Waals surface area contributed by atoms with E-state index in [1.165, 1.54) is 0 Å². The lowest BCUT2D eigenvalue weighted by atomic mass is 10.1. The van der Waals surface area contributed by atoms with Crippen molar-refractivity contribution in [3.63, 3.8) is 0 Å². The second-order valence-electron chi connectivity index (χ2n) is 4.51. The van der Waals surface area contributed by atoms with Gasteiger partial charge in [-0.2, -0.15) is 0 Å². The Balaban J connectivity index is 0.000000422. The van der Waals surface area contributed by atoms with Crippen molar-refractivity contribution in [2.45, 2.75) is 24.5 Å². The van der Waals surface area contributed by atoms with E-state index in [1.54, 1.807) is 0 Å². The van der Waals surface area contributed by atoms with Crippen molar-refractivity contribution in [3.8, 4) is 0 Å². The van der Waals surface area contributed by atoms with Gasteiger partial charge in [0.2, 0.25) is 0 Å². The summed E-state index contributed by atoms with van der Waals surface area (Å²) in [7, 11) is -3.14. The SMILES string of the molecule is NP(N)(N)=O.O=c1ccn([C@@H]2O[C@H](CO)[C@@H](O)[C@H]2O)c(=O)[nH]1. The predicted octanol–water partition coefficient (Wildman–Crippen LogP) is -3.88. The molecule has 2 rings (SSSR count). The molecule has 0 bridgehead atoms. The first-order chi connectivity index (χ1) is 10.0. The zero-order chi connectivity index (χ0) is 17.1. The lowest BCUT2D eigenvalue weighted by molar-refractivity contribution is -0.0550. The van der Waals surface area contributed by atoms with E-state index < -0.39 is 50.0 Å². The fraction of sp³-hybridized carbons (Fsp3) is 0.556. The number of hydrogen-bond acceptors (Lipinski definition) is 7. The topological polar surface area (TPSA) is 220 Å². The van der Waals surface area contributed by atoms with Crippen LogP contribution in [0.25, 0.3) is 0 Å². The number of aliphatic hydroxyl groups is 3. The molecule has 0 saturated carbocycles. The minimum Gasteiger partial charge on any atom is -0.394 e. The van der Waals surface area contributed by atoms with Gasteiger partial charge in [-0.05, 0) is 0 Å². The molecule has 0 radical (unpaired) electrons. The van der Waals surface area contributed by atoms with Crippen molar-refractivity contribution in [1.29, 1.82) is 0 Å². The molecule has 0 aliphatic carbocycles. The Labute approximate surface area is 123 Å². The summed E-state index contributed by atoms with van der Waals surface area (Å²) in [6.07, 6.45) is -3.58. The zero-order valence-electron chi connectivity index (χ0n) is 11.3. The van der Waals surface area contributed by atoms with Gasteiger partial charge >= 0.3 is 5.69 Å². The quantitative estimate of drug-likeness (QED) is 0.260. The zero-order valence-corrected chi connectivity index (χ0v) is 12.2. The van der Waals surface area contributed by atoms with E-state index in [-0.39, 0.29) is 0 Å². The van der Waals surface area contributed by atoms with Crippen LogP contribution < -0.4 is 27.8 Å². The third kappa shape index (κ3) is 5.12. The molecule has 0 spiro atoms. The van der Waals surface area contributed by atoms with Crippen LogP contribution >= 0.6 is 7.59 Å². The van der Waals surface area contributed by atoms with Gasteiger partial charge in [0, 0.05) is 12.3 Å². The highest BCUT2D eigenvalue weighted by atomic mass is 31.2. The largest absolute Gasteiger partial charge is 0.394 e. The van der Waals surface area contributed by atoms with E-state index in [0.717, 1.165) is 16.8 Å². The van der Waals surface area contributed by atoms with Crippen LogP contribution in [0.3, 0.4) is 0 Å². The van der Waals surface area contributed by atoms with E-state index in [1.807, 2.05) is 4.98 Å². The van der Waals surface area contributed by atoms with Crippen LogP contribution in [0.2, 0.25) is 0 Å². The Morgan fingerprint density at radius 1 is 1.27 bits per heavy atom. The van der Waals surface area contributed by atoms with E-state index >= 15 is 0 Å². The van der Waals surface area contributed by atoms with Gasteiger partial charge in [-0.1, -0.05) is 0 Å². The van der Waals surface area contributed by atoms with Gasteiger partial charge in [0.25, 0.3) is 13.2 Å². The number of aliphatic hydroxyl groups excluding tert-OH is 3. The summed E-state index contributed by atoms with van der Waals surface area (Å²) < 4.78 is 15.6. The lowest BCUT2D eigenvalue weighted by Gasteiger charge is -2.16. The third-order valence-corrected chi connectivity index (χ3v) is 2.64. The van der Waals surface area contributed by atoms with Crippen LogP contribution in [0.15, 0.2) is 21.9 Å². The van der Waals surface area contributed by atoms with Gasteiger partial charge in [0.05, 0.1) is 6.61 Å². The second-order valence-corrected chi connectivity index (χ2v) is 6.04. The molecule has 126 valence electrons. The van der Waals surface area contributed by atoms with Crippen molar-refractivity contribution in [2.24, 2.45) is 16.5 Å². The summed E-state index contributed by atoms with van der Waals surface area (Å²) in [4.78, 5) is 24.3. The number of aromatic amines is 1. The van der Waals surface area contributed by atoms with E-state index in [4.69, 9.17) is 9.84 Å². The monoisotopic (exact) mass is 339 g/mol. The number of hydrogen-bond donors (Lipinski definition) is 7. The maximum absolute atomic E-state index is 11.4. The number of nitrogens with one attached hydrogen (secondary N) is 1. The lowest BCUT2D eigenvalue weighted by Crippen LogP contribution is -2.37. The van der Waals surface area contributed by atoms with Crippen molar-refractivity contribution in [3.05, 3.63) is 33.1 Å². The maximum Gasteiger partial charge on any atom is 0.330 e. The molecular weight excluding hydrogens is 321 g/mol. The molecule has 2 heterocycles. The van der Waals surface area contributed by atoms with Gasteiger partial charge in [-0.15, -0.1) is 0 Å². The molecule has 1 fully saturated rings. The molecule has 10 N–H and O–H groups in total. The van der Waals surface area contributed by atoms with E-state index in [0.29, 0.717) is 0 Å². The predicted molar refractivity (Wildman–Crippen MR) is 74.5 cm³/mol. The highest BCUT2D eigenvalue weighted by Gasteiger charge is 2.43. The molecular formula is C9H18N5O7P. The summed E-state index contributed by atoms with van der Waals surface area (Å²) in [6.45, 7) is -0.479. The van der Waals surface area contributed by atoms with Crippen LogP contribution in [0.1, 0.15) is 6.23 Å². The fourth-order valence-corrected chi connectivity index (χ4v) is 1.74. The van der Waals surface area contributed by atoms with Crippen molar-refractivity contribution >= 4 is 7.59 Å². The van der Waals surface area contributed by atoms with Crippen LogP contribution in [-0.2, 0) is 9.30 Å². The van der Waals surface area contributed by atoms with Gasteiger partial charge < -0.3 is 20.1 Å². The van der Waals surface area contributed by atoms with E-state index in [2.05, 4.69) is 16.5 Å². The number of aromatic nitrogens is 2. The summed E-state index contributed by atoms with van der Waals surface area (Å²) in [6, 6.07) is 1.09. The summed E-state index contributed by atoms with van der Waals surface area (Å²) in [5.41, 5.74) is 12.1. The standard InChI is InChI=1S/C9H12N2O6.H6N3OP/c12-3-4-6(14)7(15)8(17-4)11-2-1-5(13)10-9(11)16;1-5(2,3)4/h1-2,4,6-8,12,14-15H,3H2,(H,10,13,16);(H6,1,2,3,4)/t4-,6-,7-,8-;/m1./s1. The number of nitrogens with two attached hydrogens (primary N) is 3. The van der Waals surface area contributed by atoms with Gasteiger partial charge in [-0.3, -0.25) is 35.4 Å². The summed E-state index contributed by atoms with van der Waals surface area (Å²) in [5.74, 6) is 0. The second kappa shape index (κ2) is 7.26.